The second-order valence-electron chi connectivity index (χ2n) is 5.13. The molecule has 0 amide bonds. The molecule has 3 rings (SSSR count). The molecule has 0 bridgehead atoms. The first-order chi connectivity index (χ1) is 9.61. The van der Waals surface area contributed by atoms with E-state index >= 15 is 0 Å². The minimum absolute atomic E-state index is 0.248. The van der Waals surface area contributed by atoms with Gasteiger partial charge in [-0.15, -0.1) is 0 Å². The Labute approximate surface area is 117 Å². The van der Waals surface area contributed by atoms with Gasteiger partial charge in [-0.2, -0.15) is 0 Å². The molecule has 0 fully saturated rings. The number of anilines is 1. The fraction of sp³-hybridized carbons (Fsp3) is 0.188. The molecule has 0 spiro atoms. The van der Waals surface area contributed by atoms with E-state index in [1.807, 2.05) is 48.2 Å². The smallest absolute Gasteiger partial charge is 0.196 e. The van der Waals surface area contributed by atoms with Crippen LogP contribution in [0.5, 0.6) is 0 Å². The van der Waals surface area contributed by atoms with Crippen LogP contribution in [-0.4, -0.2) is 12.5 Å². The summed E-state index contributed by atoms with van der Waals surface area (Å²) in [5.41, 5.74) is 7.40. The Morgan fingerprint density at radius 1 is 1.15 bits per heavy atom. The maximum atomic E-state index is 13.5. The molecule has 1 aliphatic rings. The maximum absolute atomic E-state index is 13.5. The number of nitrogens with two attached hydrogens (primary N) is 1. The molecule has 1 atom stereocenters. The average molecular weight is 269 g/mol. The molecule has 2 aromatic rings. The van der Waals surface area contributed by atoms with Crippen LogP contribution in [0.15, 0.2) is 59.6 Å². The summed E-state index contributed by atoms with van der Waals surface area (Å²) in [5.74, 6) is 0.213. The van der Waals surface area contributed by atoms with Crippen molar-refractivity contribution in [1.29, 1.82) is 0 Å². The third-order valence-corrected chi connectivity index (χ3v) is 3.73. The summed E-state index contributed by atoms with van der Waals surface area (Å²) >= 11 is 0. The molecule has 2 aromatic carbocycles. The lowest BCUT2D eigenvalue weighted by Crippen LogP contribution is -2.47. The number of guanidine groups is 1. The Morgan fingerprint density at radius 2 is 1.90 bits per heavy atom. The Hall–Kier alpha value is -2.36. The van der Waals surface area contributed by atoms with E-state index in [0.29, 0.717) is 12.5 Å². The minimum Gasteiger partial charge on any atom is -0.369 e. The van der Waals surface area contributed by atoms with Crippen LogP contribution >= 0.6 is 0 Å². The highest BCUT2D eigenvalue weighted by Crippen LogP contribution is 2.36. The predicted molar refractivity (Wildman–Crippen MR) is 79.2 cm³/mol. The highest BCUT2D eigenvalue weighted by Gasteiger charge is 2.40. The first-order valence-electron chi connectivity index (χ1n) is 6.52. The van der Waals surface area contributed by atoms with E-state index in [9.17, 15) is 4.39 Å². The molecule has 0 saturated carbocycles. The van der Waals surface area contributed by atoms with Gasteiger partial charge in [0.2, 0.25) is 0 Å². The molecule has 102 valence electrons. The fourth-order valence-electron chi connectivity index (χ4n) is 2.67. The van der Waals surface area contributed by atoms with Crippen LogP contribution in [0.25, 0.3) is 0 Å². The summed E-state index contributed by atoms with van der Waals surface area (Å²) < 4.78 is 13.5. The second-order valence-corrected chi connectivity index (χ2v) is 5.13. The molecule has 0 saturated heterocycles. The maximum Gasteiger partial charge on any atom is 0.196 e. The summed E-state index contributed by atoms with van der Waals surface area (Å²) in [6, 6.07) is 16.4. The van der Waals surface area contributed by atoms with Crippen LogP contribution in [0.4, 0.5) is 10.1 Å². The molecular weight excluding hydrogens is 253 g/mol. The molecule has 20 heavy (non-hydrogen) atoms. The van der Waals surface area contributed by atoms with Gasteiger partial charge < -0.3 is 10.6 Å². The van der Waals surface area contributed by atoms with Gasteiger partial charge in [-0.3, -0.25) is 4.99 Å². The molecule has 3 nitrogen and oxygen atoms in total. The highest BCUT2D eigenvalue weighted by atomic mass is 19.1. The van der Waals surface area contributed by atoms with E-state index in [1.165, 1.54) is 6.07 Å². The molecule has 0 radical (unpaired) electrons. The van der Waals surface area contributed by atoms with Gasteiger partial charge in [-0.25, -0.2) is 4.39 Å². The van der Waals surface area contributed by atoms with Crippen molar-refractivity contribution in [2.24, 2.45) is 10.7 Å². The lowest BCUT2D eigenvalue weighted by Gasteiger charge is -2.36. The third-order valence-electron chi connectivity index (χ3n) is 3.73. The number of hydrogen-bond donors (Lipinski definition) is 1. The second kappa shape index (κ2) is 4.63. The largest absolute Gasteiger partial charge is 0.369 e. The molecule has 0 aromatic heterocycles. The van der Waals surface area contributed by atoms with Crippen molar-refractivity contribution in [1.82, 2.24) is 0 Å². The van der Waals surface area contributed by atoms with Crippen LogP contribution in [0, 0.1) is 5.82 Å². The molecular formula is C16H16FN3. The quantitative estimate of drug-likeness (QED) is 0.910. The van der Waals surface area contributed by atoms with Gasteiger partial charge in [0.25, 0.3) is 0 Å². The summed E-state index contributed by atoms with van der Waals surface area (Å²) in [7, 11) is 0. The van der Waals surface area contributed by atoms with Gasteiger partial charge in [-0.1, -0.05) is 30.3 Å². The molecule has 1 unspecified atom stereocenters. The van der Waals surface area contributed by atoms with Gasteiger partial charge in [0.15, 0.2) is 5.96 Å². The normalized spacial score (nSPS) is 21.9. The standard InChI is InChI=1S/C16H16FN3/c1-16(12-6-5-7-13(17)10-12)11-19-15(18)20(16)14-8-3-2-4-9-14/h2-10H,11H2,1H3,(H2,18,19). The predicted octanol–water partition coefficient (Wildman–Crippen LogP) is 2.88. The van der Waals surface area contributed by atoms with Crippen molar-refractivity contribution >= 4 is 11.6 Å². The van der Waals surface area contributed by atoms with Crippen molar-refractivity contribution in [2.45, 2.75) is 12.5 Å². The molecule has 1 aliphatic heterocycles. The van der Waals surface area contributed by atoms with E-state index in [-0.39, 0.29) is 5.82 Å². The van der Waals surface area contributed by atoms with E-state index in [0.717, 1.165) is 11.3 Å². The lowest BCUT2D eigenvalue weighted by molar-refractivity contribution is 0.525. The number of benzene rings is 2. The highest BCUT2D eigenvalue weighted by molar-refractivity contribution is 5.98. The number of halogens is 1. The van der Waals surface area contributed by atoms with Crippen LogP contribution in [0.2, 0.25) is 0 Å². The topological polar surface area (TPSA) is 41.6 Å². The molecule has 2 N–H and O–H groups in total. The van der Waals surface area contributed by atoms with Crippen molar-refractivity contribution in [3.05, 3.63) is 66.0 Å². The lowest BCUT2D eigenvalue weighted by atomic mass is 9.90. The number of nitrogens with zero attached hydrogens (tertiary/aromatic N) is 2. The van der Waals surface area contributed by atoms with Crippen LogP contribution in [0.1, 0.15) is 12.5 Å². The average Bonchev–Trinajstić information content (AvgIpc) is 2.77. The van der Waals surface area contributed by atoms with Gasteiger partial charge in [-0.05, 0) is 36.8 Å². The Morgan fingerprint density at radius 3 is 2.60 bits per heavy atom. The van der Waals surface area contributed by atoms with Gasteiger partial charge in [0.05, 0.1) is 12.1 Å². The molecule has 4 heteroatoms. The van der Waals surface area contributed by atoms with E-state index in [2.05, 4.69) is 4.99 Å². The zero-order chi connectivity index (χ0) is 14.2. The van der Waals surface area contributed by atoms with Gasteiger partial charge in [0, 0.05) is 5.69 Å². The summed E-state index contributed by atoms with van der Waals surface area (Å²) in [5, 5.41) is 0. The van der Waals surface area contributed by atoms with Crippen molar-refractivity contribution in [2.75, 3.05) is 11.4 Å². The SMILES string of the molecule is CC1(c2cccc(F)c2)CN=C(N)N1c1ccccc1. The van der Waals surface area contributed by atoms with E-state index < -0.39 is 5.54 Å². The monoisotopic (exact) mass is 269 g/mol. The molecule has 1 heterocycles. The number of aliphatic imine (C=N–C) groups is 1. The summed E-state index contributed by atoms with van der Waals surface area (Å²) in [6.45, 7) is 2.54. The van der Waals surface area contributed by atoms with Crippen molar-refractivity contribution in [3.8, 4) is 0 Å². The fourth-order valence-corrected chi connectivity index (χ4v) is 2.67. The van der Waals surface area contributed by atoms with Crippen molar-refractivity contribution in [3.63, 3.8) is 0 Å². The zero-order valence-electron chi connectivity index (χ0n) is 11.3. The van der Waals surface area contributed by atoms with Gasteiger partial charge >= 0.3 is 0 Å². The minimum atomic E-state index is -0.465. The van der Waals surface area contributed by atoms with Crippen LogP contribution in [-0.2, 0) is 5.54 Å². The van der Waals surface area contributed by atoms with Crippen molar-refractivity contribution < 1.29 is 4.39 Å². The first-order valence-corrected chi connectivity index (χ1v) is 6.52. The number of rotatable bonds is 2. The number of hydrogen-bond acceptors (Lipinski definition) is 3. The zero-order valence-corrected chi connectivity index (χ0v) is 11.3. The van der Waals surface area contributed by atoms with Gasteiger partial charge in [0.1, 0.15) is 5.82 Å². The van der Waals surface area contributed by atoms with Crippen LogP contribution < -0.4 is 10.6 Å². The summed E-state index contributed by atoms with van der Waals surface area (Å²) in [6.07, 6.45) is 0. The van der Waals surface area contributed by atoms with E-state index in [4.69, 9.17) is 5.73 Å². The Bertz CT molecular complexity index is 654. The third kappa shape index (κ3) is 1.93. The Kier molecular flexibility index (Phi) is 2.93. The first kappa shape index (κ1) is 12.7. The summed E-state index contributed by atoms with van der Waals surface area (Å²) in [4.78, 5) is 6.31. The molecule has 0 aliphatic carbocycles. The Balaban J connectivity index is 2.09. The van der Waals surface area contributed by atoms with E-state index in [1.54, 1.807) is 12.1 Å². The van der Waals surface area contributed by atoms with Crippen LogP contribution in [0.3, 0.4) is 0 Å². The number of para-hydroxylation sites is 1.